The Morgan fingerprint density at radius 2 is 1.95 bits per heavy atom. The van der Waals surface area contributed by atoms with Gasteiger partial charge < -0.3 is 14.8 Å². The minimum absolute atomic E-state index is 0.361. The zero-order valence-electron chi connectivity index (χ0n) is 12.4. The summed E-state index contributed by atoms with van der Waals surface area (Å²) in [6, 6.07) is 6.67. The van der Waals surface area contributed by atoms with E-state index in [0.717, 1.165) is 31.1 Å². The second kappa shape index (κ2) is 6.29. The Kier molecular flexibility index (Phi) is 4.70. The number of benzene rings is 1. The molecule has 1 aromatic carbocycles. The summed E-state index contributed by atoms with van der Waals surface area (Å²) in [7, 11) is 2.02. The summed E-state index contributed by atoms with van der Waals surface area (Å²) in [6.07, 6.45) is 1.15. The van der Waals surface area contributed by atoms with E-state index in [0.29, 0.717) is 17.9 Å². The molecule has 3 atom stereocenters. The van der Waals surface area contributed by atoms with Gasteiger partial charge in [-0.1, -0.05) is 33.3 Å². The molecule has 0 saturated heterocycles. The maximum atomic E-state index is 5.86. The maximum absolute atomic E-state index is 5.86. The van der Waals surface area contributed by atoms with Crippen LogP contribution in [0.15, 0.2) is 18.2 Å². The topological polar surface area (TPSA) is 30.5 Å². The van der Waals surface area contributed by atoms with Gasteiger partial charge >= 0.3 is 0 Å². The molecule has 1 aliphatic rings. The first-order valence-electron chi connectivity index (χ1n) is 7.22. The lowest BCUT2D eigenvalue weighted by atomic mass is 9.92. The van der Waals surface area contributed by atoms with Crippen molar-refractivity contribution < 1.29 is 9.47 Å². The fourth-order valence-electron chi connectivity index (χ4n) is 2.48. The van der Waals surface area contributed by atoms with E-state index in [-0.39, 0.29) is 0 Å². The molecule has 0 saturated carbocycles. The van der Waals surface area contributed by atoms with E-state index in [2.05, 4.69) is 38.2 Å². The standard InChI is InChI=1S/C16H25NO2/c1-5-12(3)16(17-4)13-6-7-14-15(8-13)19-10-11(2)9-18-14/h6-8,11-12,16-17H,5,9-10H2,1-4H3. The van der Waals surface area contributed by atoms with E-state index in [1.54, 1.807) is 0 Å². The minimum Gasteiger partial charge on any atom is -0.489 e. The molecule has 0 spiro atoms. The third-order valence-electron chi connectivity index (χ3n) is 3.90. The lowest BCUT2D eigenvalue weighted by molar-refractivity contribution is 0.228. The molecule has 1 aliphatic heterocycles. The molecule has 3 heteroatoms. The second-order valence-electron chi connectivity index (χ2n) is 5.59. The first-order valence-corrected chi connectivity index (χ1v) is 7.22. The van der Waals surface area contributed by atoms with Gasteiger partial charge in [-0.3, -0.25) is 0 Å². The third kappa shape index (κ3) is 3.21. The summed E-state index contributed by atoms with van der Waals surface area (Å²) in [5.74, 6) is 2.77. The number of fused-ring (bicyclic) bond motifs is 1. The Morgan fingerprint density at radius 3 is 2.58 bits per heavy atom. The zero-order chi connectivity index (χ0) is 13.8. The van der Waals surface area contributed by atoms with Gasteiger partial charge in [0.25, 0.3) is 0 Å². The highest BCUT2D eigenvalue weighted by molar-refractivity contribution is 5.44. The van der Waals surface area contributed by atoms with Crippen molar-refractivity contribution in [3.05, 3.63) is 23.8 Å². The Hall–Kier alpha value is -1.22. The van der Waals surface area contributed by atoms with E-state index in [1.807, 2.05) is 13.1 Å². The second-order valence-corrected chi connectivity index (χ2v) is 5.59. The van der Waals surface area contributed by atoms with Crippen molar-refractivity contribution >= 4 is 0 Å². The average molecular weight is 263 g/mol. The van der Waals surface area contributed by atoms with Crippen molar-refractivity contribution in [2.24, 2.45) is 11.8 Å². The Balaban J connectivity index is 2.25. The lowest BCUT2D eigenvalue weighted by Gasteiger charge is -2.23. The Labute approximate surface area is 116 Å². The van der Waals surface area contributed by atoms with Gasteiger partial charge in [0.2, 0.25) is 0 Å². The van der Waals surface area contributed by atoms with Crippen LogP contribution in [-0.4, -0.2) is 20.3 Å². The third-order valence-corrected chi connectivity index (χ3v) is 3.90. The van der Waals surface area contributed by atoms with E-state index >= 15 is 0 Å². The van der Waals surface area contributed by atoms with E-state index < -0.39 is 0 Å². The minimum atomic E-state index is 0.361. The van der Waals surface area contributed by atoms with Crippen LogP contribution >= 0.6 is 0 Å². The summed E-state index contributed by atoms with van der Waals surface area (Å²) in [5.41, 5.74) is 1.27. The largest absolute Gasteiger partial charge is 0.489 e. The van der Waals surface area contributed by atoms with Gasteiger partial charge in [-0.2, -0.15) is 0 Å². The van der Waals surface area contributed by atoms with Gasteiger partial charge in [0.1, 0.15) is 0 Å². The van der Waals surface area contributed by atoms with Crippen LogP contribution in [0.2, 0.25) is 0 Å². The normalized spacial score (nSPS) is 21.6. The zero-order valence-corrected chi connectivity index (χ0v) is 12.4. The number of nitrogens with one attached hydrogen (secondary N) is 1. The Morgan fingerprint density at radius 1 is 1.26 bits per heavy atom. The number of hydrogen-bond donors (Lipinski definition) is 1. The summed E-state index contributed by atoms with van der Waals surface area (Å²) in [4.78, 5) is 0. The van der Waals surface area contributed by atoms with Crippen molar-refractivity contribution in [2.75, 3.05) is 20.3 Å². The van der Waals surface area contributed by atoms with Gasteiger partial charge in [0.05, 0.1) is 13.2 Å². The van der Waals surface area contributed by atoms with Crippen LogP contribution < -0.4 is 14.8 Å². The van der Waals surface area contributed by atoms with Crippen LogP contribution in [-0.2, 0) is 0 Å². The highest BCUT2D eigenvalue weighted by Gasteiger charge is 2.20. The van der Waals surface area contributed by atoms with Crippen LogP contribution in [0.4, 0.5) is 0 Å². The predicted octanol–water partition coefficient (Wildman–Crippen LogP) is 3.40. The van der Waals surface area contributed by atoms with E-state index in [4.69, 9.17) is 9.47 Å². The van der Waals surface area contributed by atoms with Crippen LogP contribution in [0.5, 0.6) is 11.5 Å². The van der Waals surface area contributed by atoms with Gasteiger partial charge in [-0.15, -0.1) is 0 Å². The van der Waals surface area contributed by atoms with Crippen molar-refractivity contribution in [3.63, 3.8) is 0 Å². The molecule has 0 aliphatic carbocycles. The van der Waals surface area contributed by atoms with Gasteiger partial charge in [-0.25, -0.2) is 0 Å². The summed E-state index contributed by atoms with van der Waals surface area (Å²) in [6.45, 7) is 8.09. The van der Waals surface area contributed by atoms with Crippen LogP contribution in [0.1, 0.15) is 38.8 Å². The molecule has 106 valence electrons. The SMILES string of the molecule is CCC(C)C(NC)c1ccc2c(c1)OCC(C)CO2. The molecule has 0 aromatic heterocycles. The fourth-order valence-corrected chi connectivity index (χ4v) is 2.48. The van der Waals surface area contributed by atoms with Crippen LogP contribution in [0.3, 0.4) is 0 Å². The molecule has 0 bridgehead atoms. The molecular weight excluding hydrogens is 238 g/mol. The fraction of sp³-hybridized carbons (Fsp3) is 0.625. The van der Waals surface area contributed by atoms with Crippen molar-refractivity contribution in [3.8, 4) is 11.5 Å². The molecule has 19 heavy (non-hydrogen) atoms. The number of ether oxygens (including phenoxy) is 2. The molecular formula is C16H25NO2. The molecule has 0 radical (unpaired) electrons. The highest BCUT2D eigenvalue weighted by Crippen LogP contribution is 2.35. The van der Waals surface area contributed by atoms with Crippen molar-refractivity contribution in [1.29, 1.82) is 0 Å². The summed E-state index contributed by atoms with van der Waals surface area (Å²) in [5, 5.41) is 3.40. The Bertz CT molecular complexity index is 419. The predicted molar refractivity (Wildman–Crippen MR) is 77.9 cm³/mol. The lowest BCUT2D eigenvalue weighted by Crippen LogP contribution is -2.23. The molecule has 1 heterocycles. The molecule has 2 rings (SSSR count). The van der Waals surface area contributed by atoms with Crippen molar-refractivity contribution in [2.45, 2.75) is 33.2 Å². The first kappa shape index (κ1) is 14.2. The highest BCUT2D eigenvalue weighted by atomic mass is 16.5. The quantitative estimate of drug-likeness (QED) is 0.903. The molecule has 3 nitrogen and oxygen atoms in total. The molecule has 0 amide bonds. The van der Waals surface area contributed by atoms with Crippen LogP contribution in [0.25, 0.3) is 0 Å². The van der Waals surface area contributed by atoms with E-state index in [9.17, 15) is 0 Å². The van der Waals surface area contributed by atoms with E-state index in [1.165, 1.54) is 5.56 Å². The average Bonchev–Trinajstić information content (AvgIpc) is 2.61. The molecule has 1 N–H and O–H groups in total. The smallest absolute Gasteiger partial charge is 0.161 e. The van der Waals surface area contributed by atoms with Gasteiger partial charge in [-0.05, 0) is 30.7 Å². The molecule has 1 aromatic rings. The monoisotopic (exact) mass is 263 g/mol. The summed E-state index contributed by atoms with van der Waals surface area (Å²) < 4.78 is 11.6. The summed E-state index contributed by atoms with van der Waals surface area (Å²) >= 11 is 0. The van der Waals surface area contributed by atoms with Crippen molar-refractivity contribution in [1.82, 2.24) is 5.32 Å². The van der Waals surface area contributed by atoms with Crippen LogP contribution in [0, 0.1) is 11.8 Å². The molecule has 3 unspecified atom stereocenters. The number of hydrogen-bond acceptors (Lipinski definition) is 3. The van der Waals surface area contributed by atoms with Gasteiger partial charge in [0, 0.05) is 12.0 Å². The molecule has 0 fully saturated rings. The number of rotatable bonds is 4. The maximum Gasteiger partial charge on any atom is 0.161 e. The first-order chi connectivity index (χ1) is 9.15. The van der Waals surface area contributed by atoms with Gasteiger partial charge in [0.15, 0.2) is 11.5 Å².